The molecule has 1 aliphatic rings. The first-order chi connectivity index (χ1) is 18.9. The number of nitrogens with two attached hydrogens (primary N) is 1. The second kappa shape index (κ2) is 10.2. The second-order valence-corrected chi connectivity index (χ2v) is 11.1. The molecule has 0 bridgehead atoms. The van der Waals surface area contributed by atoms with E-state index in [0.717, 1.165) is 34.7 Å². The molecule has 2 N–H and O–H groups in total. The van der Waals surface area contributed by atoms with Gasteiger partial charge in [0.15, 0.2) is 0 Å². The van der Waals surface area contributed by atoms with E-state index in [9.17, 15) is 4.79 Å². The Balaban J connectivity index is 1.35. The number of benzene rings is 2. The SMILES string of the molecule is Cc1csc(C2CCCN2C(=O)c2cc(-c3ccco3)cc(-c3nnc(C(C)(N)Cc4ccccc4)o3)c2)n1. The Morgan fingerprint density at radius 3 is 2.69 bits per heavy atom. The smallest absolute Gasteiger partial charge is 0.254 e. The summed E-state index contributed by atoms with van der Waals surface area (Å²) in [5.41, 5.74) is 9.72. The molecule has 3 aromatic heterocycles. The molecule has 1 aliphatic heterocycles. The van der Waals surface area contributed by atoms with Crippen molar-refractivity contribution in [3.8, 4) is 22.8 Å². The third-order valence-electron chi connectivity index (χ3n) is 7.00. The summed E-state index contributed by atoms with van der Waals surface area (Å²) in [5, 5.41) is 11.6. The summed E-state index contributed by atoms with van der Waals surface area (Å²) in [6, 6.07) is 19.2. The Morgan fingerprint density at radius 2 is 1.95 bits per heavy atom. The van der Waals surface area contributed by atoms with Crippen LogP contribution in [-0.4, -0.2) is 32.5 Å². The third kappa shape index (κ3) is 5.15. The van der Waals surface area contributed by atoms with Crippen LogP contribution in [0.25, 0.3) is 22.8 Å². The number of likely N-dealkylation sites (tertiary alicyclic amines) is 1. The highest BCUT2D eigenvalue weighted by atomic mass is 32.1. The summed E-state index contributed by atoms with van der Waals surface area (Å²) in [7, 11) is 0. The van der Waals surface area contributed by atoms with Crippen molar-refractivity contribution < 1.29 is 13.6 Å². The van der Waals surface area contributed by atoms with Gasteiger partial charge in [-0.25, -0.2) is 4.98 Å². The Hall–Kier alpha value is -4.08. The van der Waals surface area contributed by atoms with E-state index in [2.05, 4.69) is 15.2 Å². The predicted molar refractivity (Wildman–Crippen MR) is 149 cm³/mol. The molecular weight excluding hydrogens is 510 g/mol. The molecule has 9 heteroatoms. The average molecular weight is 540 g/mol. The van der Waals surface area contributed by atoms with E-state index >= 15 is 0 Å². The highest BCUT2D eigenvalue weighted by Crippen LogP contribution is 2.36. The fourth-order valence-electron chi connectivity index (χ4n) is 5.08. The van der Waals surface area contributed by atoms with Gasteiger partial charge in [-0.3, -0.25) is 4.79 Å². The minimum atomic E-state index is -0.863. The van der Waals surface area contributed by atoms with Crippen LogP contribution in [0.15, 0.2) is 81.1 Å². The fourth-order valence-corrected chi connectivity index (χ4v) is 6.03. The molecule has 2 atom stereocenters. The van der Waals surface area contributed by atoms with E-state index in [-0.39, 0.29) is 11.9 Å². The van der Waals surface area contributed by atoms with E-state index in [4.69, 9.17) is 14.6 Å². The first kappa shape index (κ1) is 25.2. The molecule has 1 fully saturated rings. The van der Waals surface area contributed by atoms with Gasteiger partial charge in [0.05, 0.1) is 17.8 Å². The van der Waals surface area contributed by atoms with Gasteiger partial charge in [0.1, 0.15) is 10.8 Å². The molecule has 6 rings (SSSR count). The molecular formula is C30H29N5O3S. The second-order valence-electron chi connectivity index (χ2n) is 10.3. The van der Waals surface area contributed by atoms with Crippen LogP contribution in [0.5, 0.6) is 0 Å². The van der Waals surface area contributed by atoms with E-state index in [0.29, 0.717) is 41.6 Å². The molecule has 2 unspecified atom stereocenters. The molecule has 198 valence electrons. The van der Waals surface area contributed by atoms with Crippen molar-refractivity contribution in [1.82, 2.24) is 20.1 Å². The highest BCUT2D eigenvalue weighted by molar-refractivity contribution is 7.09. The zero-order valence-electron chi connectivity index (χ0n) is 21.8. The third-order valence-corrected chi connectivity index (χ3v) is 8.06. The van der Waals surface area contributed by atoms with E-state index in [1.54, 1.807) is 23.7 Å². The topological polar surface area (TPSA) is 111 Å². The Morgan fingerprint density at radius 1 is 1.13 bits per heavy atom. The Bertz CT molecular complexity index is 1590. The molecule has 5 aromatic rings. The fraction of sp³-hybridized carbons (Fsp3) is 0.267. The van der Waals surface area contributed by atoms with Gasteiger partial charge < -0.3 is 19.5 Å². The minimum absolute atomic E-state index is 0.0298. The summed E-state index contributed by atoms with van der Waals surface area (Å²) < 4.78 is 11.8. The minimum Gasteiger partial charge on any atom is -0.464 e. The van der Waals surface area contributed by atoms with Crippen LogP contribution in [0.4, 0.5) is 0 Å². The zero-order chi connectivity index (χ0) is 27.0. The van der Waals surface area contributed by atoms with Gasteiger partial charge in [0.25, 0.3) is 5.91 Å². The van der Waals surface area contributed by atoms with Crippen molar-refractivity contribution in [2.24, 2.45) is 5.73 Å². The number of aromatic nitrogens is 3. The molecule has 4 heterocycles. The maximum Gasteiger partial charge on any atom is 0.254 e. The molecule has 0 aliphatic carbocycles. The lowest BCUT2D eigenvalue weighted by Gasteiger charge is -2.23. The maximum atomic E-state index is 13.9. The predicted octanol–water partition coefficient (Wildman–Crippen LogP) is 6.16. The largest absolute Gasteiger partial charge is 0.464 e. The van der Waals surface area contributed by atoms with Crippen LogP contribution in [0.3, 0.4) is 0 Å². The summed E-state index contributed by atoms with van der Waals surface area (Å²) in [6.07, 6.45) is 3.98. The summed E-state index contributed by atoms with van der Waals surface area (Å²) in [5.74, 6) is 1.21. The number of thiazole rings is 1. The zero-order valence-corrected chi connectivity index (χ0v) is 22.6. The lowest BCUT2D eigenvalue weighted by molar-refractivity contribution is 0.0735. The number of amides is 1. The Labute approximate surface area is 230 Å². The molecule has 2 aromatic carbocycles. The number of carbonyl (C=O) groups excluding carboxylic acids is 1. The molecule has 1 saturated heterocycles. The summed E-state index contributed by atoms with van der Waals surface area (Å²) in [4.78, 5) is 20.5. The molecule has 1 amide bonds. The number of rotatable bonds is 7. The normalized spacial score (nSPS) is 16.9. The van der Waals surface area contributed by atoms with Crippen molar-refractivity contribution in [2.45, 2.75) is 44.7 Å². The van der Waals surface area contributed by atoms with Crippen LogP contribution >= 0.6 is 11.3 Å². The number of hydrogen-bond donors (Lipinski definition) is 1. The molecule has 0 radical (unpaired) electrons. The van der Waals surface area contributed by atoms with Gasteiger partial charge in [-0.15, -0.1) is 21.5 Å². The van der Waals surface area contributed by atoms with Crippen molar-refractivity contribution in [3.63, 3.8) is 0 Å². The van der Waals surface area contributed by atoms with E-state index in [1.165, 1.54) is 0 Å². The number of furan rings is 1. The van der Waals surface area contributed by atoms with Crippen LogP contribution in [0.1, 0.15) is 58.3 Å². The van der Waals surface area contributed by atoms with Gasteiger partial charge in [0.2, 0.25) is 11.8 Å². The Kier molecular flexibility index (Phi) is 6.62. The summed E-state index contributed by atoms with van der Waals surface area (Å²) in [6.45, 7) is 4.53. The van der Waals surface area contributed by atoms with E-state index < -0.39 is 5.54 Å². The van der Waals surface area contributed by atoms with Gasteiger partial charge in [-0.1, -0.05) is 30.3 Å². The number of hydrogen-bond acceptors (Lipinski definition) is 8. The first-order valence-electron chi connectivity index (χ1n) is 13.0. The molecule has 0 saturated carbocycles. The molecule has 0 spiro atoms. The monoisotopic (exact) mass is 539 g/mol. The van der Waals surface area contributed by atoms with Crippen molar-refractivity contribution in [1.29, 1.82) is 0 Å². The summed E-state index contributed by atoms with van der Waals surface area (Å²) >= 11 is 1.60. The number of carbonyl (C=O) groups is 1. The molecule has 8 nitrogen and oxygen atoms in total. The van der Waals surface area contributed by atoms with Crippen molar-refractivity contribution in [2.75, 3.05) is 6.54 Å². The maximum absolute atomic E-state index is 13.9. The lowest BCUT2D eigenvalue weighted by atomic mass is 9.94. The van der Waals surface area contributed by atoms with Crippen molar-refractivity contribution >= 4 is 17.2 Å². The van der Waals surface area contributed by atoms with Crippen LogP contribution in [0, 0.1) is 6.92 Å². The lowest BCUT2D eigenvalue weighted by Crippen LogP contribution is -2.35. The van der Waals surface area contributed by atoms with Gasteiger partial charge in [-0.2, -0.15) is 0 Å². The van der Waals surface area contributed by atoms with Crippen LogP contribution < -0.4 is 5.73 Å². The first-order valence-corrected chi connectivity index (χ1v) is 13.8. The standard InChI is InChI=1S/C30H29N5O3S/c1-19-18-39-27(32-19)24-10-6-12-35(24)28(36)23-15-21(25-11-7-13-37-25)14-22(16-23)26-33-34-29(38-26)30(2,31)17-20-8-4-3-5-9-20/h3-5,7-9,11,13-16,18,24H,6,10,12,17,31H2,1-2H3. The van der Waals surface area contributed by atoms with E-state index in [1.807, 2.05) is 78.7 Å². The van der Waals surface area contributed by atoms with Crippen LogP contribution in [-0.2, 0) is 12.0 Å². The quantitative estimate of drug-likeness (QED) is 0.264. The molecule has 39 heavy (non-hydrogen) atoms. The number of nitrogens with zero attached hydrogens (tertiary/aromatic N) is 4. The average Bonchev–Trinajstić information content (AvgIpc) is 3.74. The van der Waals surface area contributed by atoms with Crippen molar-refractivity contribution in [3.05, 3.63) is 100 Å². The van der Waals surface area contributed by atoms with Gasteiger partial charge in [-0.05, 0) is 69.0 Å². The van der Waals surface area contributed by atoms with Crippen LogP contribution in [0.2, 0.25) is 0 Å². The van der Waals surface area contributed by atoms with Gasteiger partial charge >= 0.3 is 0 Å². The van der Waals surface area contributed by atoms with Gasteiger partial charge in [0, 0.05) is 34.3 Å². The highest BCUT2D eigenvalue weighted by Gasteiger charge is 2.33. The number of aryl methyl sites for hydroxylation is 1.